The van der Waals surface area contributed by atoms with E-state index in [0.717, 1.165) is 5.56 Å². The number of imidazole rings is 1. The van der Waals surface area contributed by atoms with E-state index in [-0.39, 0.29) is 28.7 Å². The van der Waals surface area contributed by atoms with Crippen LogP contribution in [-0.4, -0.2) is 66.2 Å². The first-order valence-corrected chi connectivity index (χ1v) is 12.9. The predicted molar refractivity (Wildman–Crippen MR) is 143 cm³/mol. The first kappa shape index (κ1) is 28.2. The summed E-state index contributed by atoms with van der Waals surface area (Å²) in [5.74, 6) is -2.88. The second-order valence-electron chi connectivity index (χ2n) is 9.45. The van der Waals surface area contributed by atoms with Crippen molar-refractivity contribution >= 4 is 40.5 Å². The number of carboxylic acids is 2. The maximum Gasteiger partial charge on any atom is 0.348 e. The van der Waals surface area contributed by atoms with Crippen molar-refractivity contribution in [3.63, 3.8) is 0 Å². The maximum absolute atomic E-state index is 15.0. The topological polar surface area (TPSA) is 172 Å². The number of carboxylic acid groups (broad SMARTS) is 2. The smallest absolute Gasteiger partial charge is 0.348 e. The first-order chi connectivity index (χ1) is 19.7. The Morgan fingerprint density at radius 1 is 1.10 bits per heavy atom. The molecule has 5 rings (SSSR count). The van der Waals surface area contributed by atoms with Crippen LogP contribution >= 0.6 is 11.6 Å². The van der Waals surface area contributed by atoms with Crippen LogP contribution in [0.25, 0.3) is 11.2 Å². The summed E-state index contributed by atoms with van der Waals surface area (Å²) in [6.07, 6.45) is -3.14. The summed E-state index contributed by atoms with van der Waals surface area (Å²) in [7, 11) is 0. The van der Waals surface area contributed by atoms with E-state index < -0.39 is 49.1 Å². The number of hydrogen-bond donors (Lipinski definition) is 3. The van der Waals surface area contributed by atoms with Crippen molar-refractivity contribution in [2.24, 2.45) is 0 Å². The van der Waals surface area contributed by atoms with E-state index in [1.54, 1.807) is 24.3 Å². The van der Waals surface area contributed by atoms with Crippen LogP contribution in [0, 0.1) is 0 Å². The highest BCUT2D eigenvalue weighted by Crippen LogP contribution is 2.35. The second-order valence-corrected chi connectivity index (χ2v) is 9.78. The van der Waals surface area contributed by atoms with Crippen LogP contribution < -0.4 is 10.5 Å². The number of anilines is 1. The molecule has 0 spiro atoms. The summed E-state index contributed by atoms with van der Waals surface area (Å²) in [5, 5.41) is 19.7. The number of benzene rings is 2. The van der Waals surface area contributed by atoms with Gasteiger partial charge in [0.2, 0.25) is 5.28 Å². The summed E-state index contributed by atoms with van der Waals surface area (Å²) in [4.78, 5) is 36.4. The highest BCUT2D eigenvalue weighted by molar-refractivity contribution is 6.28. The van der Waals surface area contributed by atoms with E-state index in [1.165, 1.54) is 10.9 Å². The van der Waals surface area contributed by atoms with E-state index in [9.17, 15) is 19.8 Å². The van der Waals surface area contributed by atoms with Crippen LogP contribution in [-0.2, 0) is 32.1 Å². The molecule has 0 saturated carbocycles. The number of alkyl halides is 1. The van der Waals surface area contributed by atoms with Crippen LogP contribution in [0.1, 0.15) is 23.8 Å². The van der Waals surface area contributed by atoms with Crippen LogP contribution in [0.4, 0.5) is 10.2 Å². The van der Waals surface area contributed by atoms with E-state index in [0.29, 0.717) is 17.9 Å². The van der Waals surface area contributed by atoms with Gasteiger partial charge in [0.15, 0.2) is 17.7 Å². The molecule has 1 aliphatic heterocycles. The average molecular weight is 586 g/mol. The first-order valence-electron chi connectivity index (χ1n) is 12.5. The number of ether oxygens (including phenoxy) is 3. The summed E-state index contributed by atoms with van der Waals surface area (Å²) in [5.41, 5.74) is 4.88. The molecule has 0 amide bonds. The minimum absolute atomic E-state index is 0.00975. The fourth-order valence-electron chi connectivity index (χ4n) is 4.53. The van der Waals surface area contributed by atoms with Gasteiger partial charge in [0, 0.05) is 12.8 Å². The molecule has 1 fully saturated rings. The second kappa shape index (κ2) is 11.6. The lowest BCUT2D eigenvalue weighted by Crippen LogP contribution is -2.52. The van der Waals surface area contributed by atoms with Crippen molar-refractivity contribution in [3.8, 4) is 5.75 Å². The summed E-state index contributed by atoms with van der Waals surface area (Å²) < 4.78 is 33.3. The van der Waals surface area contributed by atoms with Crippen LogP contribution in [0.2, 0.25) is 5.28 Å². The minimum Gasteiger partial charge on any atom is -0.489 e. The maximum atomic E-state index is 15.0. The van der Waals surface area contributed by atoms with E-state index in [1.807, 2.05) is 30.3 Å². The molecule has 41 heavy (non-hydrogen) atoms. The zero-order valence-corrected chi connectivity index (χ0v) is 22.1. The number of nitrogens with zero attached hydrogens (tertiary/aromatic N) is 4. The van der Waals surface area contributed by atoms with Gasteiger partial charge in [0.25, 0.3) is 5.60 Å². The third kappa shape index (κ3) is 5.92. The van der Waals surface area contributed by atoms with Crippen molar-refractivity contribution < 1.29 is 38.4 Å². The van der Waals surface area contributed by atoms with Gasteiger partial charge in [-0.1, -0.05) is 42.5 Å². The third-order valence-electron chi connectivity index (χ3n) is 6.66. The quantitative estimate of drug-likeness (QED) is 0.174. The fourth-order valence-corrected chi connectivity index (χ4v) is 4.71. The molecule has 3 heterocycles. The molecule has 12 nitrogen and oxygen atoms in total. The Balaban J connectivity index is 1.26. The van der Waals surface area contributed by atoms with Crippen molar-refractivity contribution in [2.45, 2.75) is 43.6 Å². The number of carbonyl (C=O) groups is 2. The molecule has 0 bridgehead atoms. The predicted octanol–water partition coefficient (Wildman–Crippen LogP) is 3.43. The molecule has 2 aromatic heterocycles. The molecule has 3 unspecified atom stereocenters. The number of nitrogen functional groups attached to an aromatic ring is 1. The highest BCUT2D eigenvalue weighted by Gasteiger charge is 2.50. The van der Waals surface area contributed by atoms with Crippen LogP contribution in [0.5, 0.6) is 5.75 Å². The Morgan fingerprint density at radius 2 is 1.80 bits per heavy atom. The van der Waals surface area contributed by atoms with Gasteiger partial charge in [-0.05, 0) is 34.9 Å². The van der Waals surface area contributed by atoms with Crippen molar-refractivity contribution in [2.75, 3.05) is 12.3 Å². The van der Waals surface area contributed by atoms with Gasteiger partial charge in [0.05, 0.1) is 19.0 Å². The molecule has 1 aliphatic rings. The Morgan fingerprint density at radius 3 is 2.49 bits per heavy atom. The van der Waals surface area contributed by atoms with Crippen molar-refractivity contribution in [3.05, 3.63) is 77.3 Å². The minimum atomic E-state index is -2.64. The molecule has 1 saturated heterocycles. The Bertz CT molecular complexity index is 1540. The largest absolute Gasteiger partial charge is 0.489 e. The number of aromatic nitrogens is 4. The fraction of sp³-hybridized carbons (Fsp3) is 0.296. The number of nitrogens with two attached hydrogens (primary N) is 1. The number of hydrogen-bond acceptors (Lipinski definition) is 9. The Labute approximate surface area is 237 Å². The number of aliphatic carboxylic acids is 2. The molecular formula is C27H25ClFN5O7. The Kier molecular flexibility index (Phi) is 8.01. The molecule has 0 aliphatic carbocycles. The van der Waals surface area contributed by atoms with Gasteiger partial charge in [-0.2, -0.15) is 9.97 Å². The van der Waals surface area contributed by atoms with Gasteiger partial charge < -0.3 is 30.2 Å². The monoisotopic (exact) mass is 585 g/mol. The average Bonchev–Trinajstić information content (AvgIpc) is 3.53. The number of fused-ring (bicyclic) bond motifs is 1. The van der Waals surface area contributed by atoms with Gasteiger partial charge in [-0.25, -0.2) is 19.0 Å². The molecule has 214 valence electrons. The van der Waals surface area contributed by atoms with Gasteiger partial charge in [-0.3, -0.25) is 4.57 Å². The lowest BCUT2D eigenvalue weighted by atomic mass is 9.94. The zero-order chi connectivity index (χ0) is 29.1. The van der Waals surface area contributed by atoms with Crippen LogP contribution in [0.3, 0.4) is 0 Å². The van der Waals surface area contributed by atoms with E-state index in [4.69, 9.17) is 31.5 Å². The molecular weight excluding hydrogens is 561 g/mol. The summed E-state index contributed by atoms with van der Waals surface area (Å²) >= 11 is 5.88. The van der Waals surface area contributed by atoms with Gasteiger partial charge >= 0.3 is 11.9 Å². The highest BCUT2D eigenvalue weighted by atomic mass is 35.5. The van der Waals surface area contributed by atoms with Gasteiger partial charge in [0.1, 0.15) is 24.0 Å². The molecule has 4 N–H and O–H groups in total. The molecule has 2 aromatic carbocycles. The number of halogens is 2. The Hall–Kier alpha value is -4.33. The standard InChI is InChI=1S/C27H25ClFN5O7/c28-26-32-21(30)20-22(33-26)34(14-31-20)23-19(29)10-18(41-23)13-40-27(24(35)36,25(37)38)11-15-6-8-17(9-7-15)39-12-16-4-2-1-3-5-16/h1-9,14,18-19,23H,10-13H2,(H,35,36)(H,37,38)(H2,30,32,33). The van der Waals surface area contributed by atoms with Gasteiger partial charge in [-0.15, -0.1) is 0 Å². The van der Waals surface area contributed by atoms with Crippen LogP contribution in [0.15, 0.2) is 60.9 Å². The summed E-state index contributed by atoms with van der Waals surface area (Å²) in [6, 6.07) is 15.9. The molecule has 14 heteroatoms. The normalized spacial score (nSPS) is 18.9. The SMILES string of the molecule is Nc1nc(Cl)nc2c1ncn2C1OC(COC(Cc2ccc(OCc3ccccc3)cc2)(C(=O)O)C(=O)O)CC1F. The third-order valence-corrected chi connectivity index (χ3v) is 6.82. The molecule has 4 aromatic rings. The van der Waals surface area contributed by atoms with Crippen molar-refractivity contribution in [1.29, 1.82) is 0 Å². The zero-order valence-electron chi connectivity index (χ0n) is 21.4. The molecule has 0 radical (unpaired) electrons. The molecule has 3 atom stereocenters. The lowest BCUT2D eigenvalue weighted by molar-refractivity contribution is -0.188. The lowest BCUT2D eigenvalue weighted by Gasteiger charge is -2.27. The van der Waals surface area contributed by atoms with E-state index >= 15 is 4.39 Å². The van der Waals surface area contributed by atoms with E-state index in [2.05, 4.69) is 15.0 Å². The number of rotatable bonds is 11. The summed E-state index contributed by atoms with van der Waals surface area (Å²) in [6.45, 7) is -0.171. The van der Waals surface area contributed by atoms with Crippen molar-refractivity contribution in [1.82, 2.24) is 19.5 Å².